The van der Waals surface area contributed by atoms with Gasteiger partial charge in [-0.05, 0) is 39.7 Å². The number of carbonyl (C=O) groups excluding carboxylic acids is 2. The fraction of sp³-hybridized carbons (Fsp3) is 0.290. The summed E-state index contributed by atoms with van der Waals surface area (Å²) in [6, 6.07) is 23.9. The molecule has 0 bridgehead atoms. The molecule has 4 nitrogen and oxygen atoms in total. The van der Waals surface area contributed by atoms with Crippen molar-refractivity contribution in [2.45, 2.75) is 58.4 Å². The van der Waals surface area contributed by atoms with Gasteiger partial charge >= 0.3 is 0 Å². The molecule has 4 rings (SSSR count). The summed E-state index contributed by atoms with van der Waals surface area (Å²) in [5.74, 6) is -1.49. The van der Waals surface area contributed by atoms with Crippen molar-refractivity contribution < 1.29 is 14.7 Å². The van der Waals surface area contributed by atoms with E-state index in [-0.39, 0.29) is 22.2 Å². The van der Waals surface area contributed by atoms with E-state index in [0.717, 1.165) is 16.7 Å². The maximum absolute atomic E-state index is 13.4. The number of Topliss-reactive ketones (excluding diaryl/α,β-unsaturated/α-hetero) is 1. The monoisotopic (exact) mass is 467 g/mol. The summed E-state index contributed by atoms with van der Waals surface area (Å²) >= 11 is 0. The van der Waals surface area contributed by atoms with Gasteiger partial charge in [-0.3, -0.25) is 14.5 Å². The molecule has 1 aliphatic heterocycles. The molecule has 1 N–H and O–H groups in total. The van der Waals surface area contributed by atoms with Gasteiger partial charge in [0.2, 0.25) is 0 Å². The van der Waals surface area contributed by atoms with Gasteiger partial charge in [-0.25, -0.2) is 0 Å². The lowest BCUT2D eigenvalue weighted by atomic mass is 9.85. The number of amides is 1. The van der Waals surface area contributed by atoms with Gasteiger partial charge < -0.3 is 5.11 Å². The third-order valence-corrected chi connectivity index (χ3v) is 6.60. The van der Waals surface area contributed by atoms with Crippen LogP contribution in [-0.2, 0) is 20.4 Å². The highest BCUT2D eigenvalue weighted by Gasteiger charge is 2.47. The number of nitrogens with zero attached hydrogens (tertiary/aromatic N) is 1. The van der Waals surface area contributed by atoms with Crippen molar-refractivity contribution in [3.05, 3.63) is 107 Å². The smallest absolute Gasteiger partial charge is 0.300 e. The molecule has 1 saturated heterocycles. The van der Waals surface area contributed by atoms with Crippen molar-refractivity contribution in [2.24, 2.45) is 0 Å². The van der Waals surface area contributed by atoms with E-state index in [9.17, 15) is 14.7 Å². The average molecular weight is 468 g/mol. The van der Waals surface area contributed by atoms with Crippen LogP contribution in [0.5, 0.6) is 0 Å². The first-order chi connectivity index (χ1) is 16.4. The maximum Gasteiger partial charge on any atom is 0.300 e. The number of benzene rings is 3. The summed E-state index contributed by atoms with van der Waals surface area (Å²) in [5.41, 5.74) is 4.21. The number of aliphatic hydroxyl groups is 1. The molecule has 0 aromatic heterocycles. The Labute approximate surface area is 207 Å². The summed E-state index contributed by atoms with van der Waals surface area (Å²) in [6.45, 7) is 12.8. The number of rotatable bonds is 3. The minimum absolute atomic E-state index is 0.0346. The predicted molar refractivity (Wildman–Crippen MR) is 142 cm³/mol. The quantitative estimate of drug-likeness (QED) is 0.259. The van der Waals surface area contributed by atoms with Gasteiger partial charge in [-0.1, -0.05) is 108 Å². The molecule has 3 aromatic rings. The van der Waals surface area contributed by atoms with E-state index in [4.69, 9.17) is 0 Å². The van der Waals surface area contributed by atoms with Crippen molar-refractivity contribution in [3.8, 4) is 0 Å². The molecule has 0 spiro atoms. The van der Waals surface area contributed by atoms with Crippen LogP contribution in [0.4, 0.5) is 5.69 Å². The van der Waals surface area contributed by atoms with Gasteiger partial charge in [0, 0.05) is 11.3 Å². The summed E-state index contributed by atoms with van der Waals surface area (Å²) in [6.07, 6.45) is 0. The van der Waals surface area contributed by atoms with Crippen LogP contribution in [0.2, 0.25) is 0 Å². The Hall–Kier alpha value is -3.66. The van der Waals surface area contributed by atoms with E-state index in [1.54, 1.807) is 24.3 Å². The van der Waals surface area contributed by atoms with Crippen molar-refractivity contribution in [1.82, 2.24) is 0 Å². The number of aliphatic hydroxyl groups excluding tert-OH is 1. The molecule has 0 saturated carbocycles. The van der Waals surface area contributed by atoms with Gasteiger partial charge in [0.05, 0.1) is 11.6 Å². The van der Waals surface area contributed by atoms with Gasteiger partial charge in [0.25, 0.3) is 11.7 Å². The lowest BCUT2D eigenvalue weighted by Crippen LogP contribution is -2.29. The summed E-state index contributed by atoms with van der Waals surface area (Å²) in [7, 11) is 0. The fourth-order valence-corrected chi connectivity index (χ4v) is 4.45. The number of anilines is 1. The molecule has 180 valence electrons. The molecule has 4 heteroatoms. The summed E-state index contributed by atoms with van der Waals surface area (Å²) in [4.78, 5) is 28.2. The molecule has 1 unspecified atom stereocenters. The van der Waals surface area contributed by atoms with Crippen LogP contribution in [0.15, 0.2) is 84.4 Å². The molecule has 35 heavy (non-hydrogen) atoms. The Morgan fingerprint density at radius 1 is 0.714 bits per heavy atom. The van der Waals surface area contributed by atoms with Crippen molar-refractivity contribution in [1.29, 1.82) is 0 Å². The minimum atomic E-state index is -0.732. The Morgan fingerprint density at radius 3 is 1.69 bits per heavy atom. The second kappa shape index (κ2) is 8.84. The predicted octanol–water partition coefficient (Wildman–Crippen LogP) is 6.91. The zero-order valence-electron chi connectivity index (χ0n) is 21.3. The van der Waals surface area contributed by atoms with Crippen LogP contribution in [0, 0.1) is 0 Å². The van der Waals surface area contributed by atoms with Crippen molar-refractivity contribution in [3.63, 3.8) is 0 Å². The van der Waals surface area contributed by atoms with Gasteiger partial charge in [0.1, 0.15) is 5.76 Å². The number of hydrogen-bond acceptors (Lipinski definition) is 3. The molecule has 1 atom stereocenters. The molecule has 1 aliphatic rings. The van der Waals surface area contributed by atoms with E-state index < -0.39 is 17.7 Å². The molecule has 3 aromatic carbocycles. The second-order valence-corrected chi connectivity index (χ2v) is 11.2. The van der Waals surface area contributed by atoms with Crippen LogP contribution in [0.1, 0.15) is 69.8 Å². The molecular weight excluding hydrogens is 434 g/mol. The molecule has 0 radical (unpaired) electrons. The third kappa shape index (κ3) is 4.66. The summed E-state index contributed by atoms with van der Waals surface area (Å²) in [5, 5.41) is 11.2. The van der Waals surface area contributed by atoms with E-state index in [0.29, 0.717) is 11.3 Å². The Morgan fingerprint density at radius 2 is 1.20 bits per heavy atom. The lowest BCUT2D eigenvalue weighted by Gasteiger charge is -2.27. The zero-order chi connectivity index (χ0) is 25.5. The fourth-order valence-electron chi connectivity index (χ4n) is 4.45. The molecule has 0 aliphatic carbocycles. The summed E-state index contributed by atoms with van der Waals surface area (Å²) < 4.78 is 0. The highest BCUT2D eigenvalue weighted by molar-refractivity contribution is 6.51. The van der Waals surface area contributed by atoms with Crippen LogP contribution in [-0.4, -0.2) is 16.8 Å². The molecule has 1 heterocycles. The van der Waals surface area contributed by atoms with Gasteiger partial charge in [0.15, 0.2) is 0 Å². The second-order valence-electron chi connectivity index (χ2n) is 11.2. The lowest BCUT2D eigenvalue weighted by molar-refractivity contribution is -0.132. The van der Waals surface area contributed by atoms with Crippen molar-refractivity contribution in [2.75, 3.05) is 4.90 Å². The first kappa shape index (κ1) is 24.5. The van der Waals surface area contributed by atoms with E-state index in [1.165, 1.54) is 4.90 Å². The first-order valence-electron chi connectivity index (χ1n) is 12.0. The third-order valence-electron chi connectivity index (χ3n) is 6.60. The first-order valence-corrected chi connectivity index (χ1v) is 12.0. The SMILES string of the molecule is CC(C)(C)c1ccc(C2/C(=C(/O)c3ccccc3)C(=O)C(=O)N2c2ccc(C(C)(C)C)cc2)cc1. The zero-order valence-corrected chi connectivity index (χ0v) is 21.3. The van der Waals surface area contributed by atoms with E-state index in [1.807, 2.05) is 54.6 Å². The largest absolute Gasteiger partial charge is 0.507 e. The highest BCUT2D eigenvalue weighted by Crippen LogP contribution is 2.43. The number of ketones is 1. The Bertz CT molecular complexity index is 1270. The number of carbonyl (C=O) groups is 2. The Kier molecular flexibility index (Phi) is 6.18. The molecule has 1 amide bonds. The number of hydrogen-bond donors (Lipinski definition) is 1. The van der Waals surface area contributed by atoms with Gasteiger partial charge in [-0.15, -0.1) is 0 Å². The molecular formula is C31H33NO3. The average Bonchev–Trinajstić information content (AvgIpc) is 3.08. The maximum atomic E-state index is 13.4. The normalized spacial score (nSPS) is 18.2. The minimum Gasteiger partial charge on any atom is -0.507 e. The topological polar surface area (TPSA) is 57.6 Å². The van der Waals surface area contributed by atoms with Crippen LogP contribution in [0.25, 0.3) is 5.76 Å². The van der Waals surface area contributed by atoms with E-state index in [2.05, 4.69) is 41.5 Å². The van der Waals surface area contributed by atoms with Gasteiger partial charge in [-0.2, -0.15) is 0 Å². The van der Waals surface area contributed by atoms with Crippen LogP contribution < -0.4 is 4.90 Å². The van der Waals surface area contributed by atoms with E-state index >= 15 is 0 Å². The highest BCUT2D eigenvalue weighted by atomic mass is 16.3. The van der Waals surface area contributed by atoms with Crippen LogP contribution >= 0.6 is 0 Å². The Balaban J connectivity index is 1.89. The van der Waals surface area contributed by atoms with Crippen LogP contribution in [0.3, 0.4) is 0 Å². The van der Waals surface area contributed by atoms with Crippen molar-refractivity contribution >= 4 is 23.1 Å². The standard InChI is InChI=1S/C31H33NO3/c1-30(2,3)22-14-12-20(13-15-22)26-25(27(33)21-10-8-7-9-11-21)28(34)29(35)32(26)24-18-16-23(17-19-24)31(4,5)6/h7-19,26,33H,1-6H3/b27-25-. The molecule has 1 fully saturated rings.